The predicted molar refractivity (Wildman–Crippen MR) is 106 cm³/mol. The predicted octanol–water partition coefficient (Wildman–Crippen LogP) is 2.56. The first-order valence-corrected chi connectivity index (χ1v) is 8.84. The van der Waals surface area contributed by atoms with Crippen molar-refractivity contribution in [2.75, 3.05) is 18.8 Å². The van der Waals surface area contributed by atoms with E-state index in [2.05, 4.69) is 5.32 Å². The standard InChI is InChI=1S/C20H16N2O5S/c1-11-4-3-5-13(6-11)22-19(24)14(18(23)21-20(22)28)7-12-8-16-17(27-10-26-16)9-15(12)25-2/h3-9H,10H2,1-2H3,(H,21,23,28)/b14-7+. The number of hydrogen-bond acceptors (Lipinski definition) is 6. The van der Waals surface area contributed by atoms with Crippen LogP contribution in [0.1, 0.15) is 11.1 Å². The molecule has 28 heavy (non-hydrogen) atoms. The molecule has 0 atom stereocenters. The Kier molecular flexibility index (Phi) is 4.48. The number of ether oxygens (including phenoxy) is 3. The fourth-order valence-corrected chi connectivity index (χ4v) is 3.32. The van der Waals surface area contributed by atoms with Crippen LogP contribution in [0.2, 0.25) is 0 Å². The molecule has 7 nitrogen and oxygen atoms in total. The van der Waals surface area contributed by atoms with E-state index in [1.807, 2.05) is 25.1 Å². The van der Waals surface area contributed by atoms with E-state index in [4.69, 9.17) is 26.4 Å². The van der Waals surface area contributed by atoms with Crippen LogP contribution in [0.15, 0.2) is 42.0 Å². The summed E-state index contributed by atoms with van der Waals surface area (Å²) in [4.78, 5) is 26.9. The molecule has 0 unspecified atom stereocenters. The molecular formula is C20H16N2O5S. The Balaban J connectivity index is 1.78. The number of hydrogen-bond donors (Lipinski definition) is 1. The van der Waals surface area contributed by atoms with E-state index in [1.165, 1.54) is 18.1 Å². The number of carbonyl (C=O) groups excluding carboxylic acids is 2. The minimum atomic E-state index is -0.571. The molecule has 4 rings (SSSR count). The maximum atomic E-state index is 13.1. The number of nitrogens with zero attached hydrogens (tertiary/aromatic N) is 1. The molecule has 2 aliphatic rings. The Morgan fingerprint density at radius 1 is 1.18 bits per heavy atom. The second-order valence-corrected chi connectivity index (χ2v) is 6.63. The molecule has 0 bridgehead atoms. The molecule has 0 spiro atoms. The van der Waals surface area contributed by atoms with Gasteiger partial charge in [0.25, 0.3) is 11.8 Å². The molecule has 1 N–H and O–H groups in total. The van der Waals surface area contributed by atoms with Crippen LogP contribution in [-0.2, 0) is 9.59 Å². The number of anilines is 1. The smallest absolute Gasteiger partial charge is 0.270 e. The minimum Gasteiger partial charge on any atom is -0.496 e. The summed E-state index contributed by atoms with van der Waals surface area (Å²) in [5.41, 5.74) is 2.00. The number of benzene rings is 2. The van der Waals surface area contributed by atoms with Gasteiger partial charge >= 0.3 is 0 Å². The van der Waals surface area contributed by atoms with E-state index in [-0.39, 0.29) is 17.5 Å². The summed E-state index contributed by atoms with van der Waals surface area (Å²) in [5.74, 6) is 0.425. The van der Waals surface area contributed by atoms with Crippen LogP contribution in [0.3, 0.4) is 0 Å². The summed E-state index contributed by atoms with van der Waals surface area (Å²) >= 11 is 5.22. The van der Waals surface area contributed by atoms with Gasteiger partial charge in [-0.15, -0.1) is 0 Å². The number of rotatable bonds is 3. The summed E-state index contributed by atoms with van der Waals surface area (Å²) < 4.78 is 16.1. The van der Waals surface area contributed by atoms with Crippen LogP contribution >= 0.6 is 12.2 Å². The van der Waals surface area contributed by atoms with Gasteiger partial charge in [0.1, 0.15) is 11.3 Å². The molecule has 8 heteroatoms. The lowest BCUT2D eigenvalue weighted by Crippen LogP contribution is -2.54. The summed E-state index contributed by atoms with van der Waals surface area (Å²) in [6.45, 7) is 2.01. The zero-order chi connectivity index (χ0) is 19.8. The van der Waals surface area contributed by atoms with E-state index < -0.39 is 11.8 Å². The molecule has 0 radical (unpaired) electrons. The number of thiocarbonyl (C=S) groups is 1. The molecule has 0 aliphatic carbocycles. The Bertz CT molecular complexity index is 1050. The molecule has 1 saturated heterocycles. The van der Waals surface area contributed by atoms with Crippen LogP contribution in [0.5, 0.6) is 17.2 Å². The monoisotopic (exact) mass is 396 g/mol. The van der Waals surface area contributed by atoms with Gasteiger partial charge in [0, 0.05) is 11.6 Å². The zero-order valence-electron chi connectivity index (χ0n) is 15.1. The van der Waals surface area contributed by atoms with Crippen molar-refractivity contribution >= 4 is 40.9 Å². The quantitative estimate of drug-likeness (QED) is 0.488. The van der Waals surface area contributed by atoms with Crippen molar-refractivity contribution in [2.24, 2.45) is 0 Å². The van der Waals surface area contributed by atoms with Gasteiger partial charge in [-0.3, -0.25) is 19.8 Å². The highest BCUT2D eigenvalue weighted by atomic mass is 32.1. The fourth-order valence-electron chi connectivity index (χ4n) is 3.04. The Labute approximate surface area is 166 Å². The van der Waals surface area contributed by atoms with E-state index in [0.29, 0.717) is 28.5 Å². The summed E-state index contributed by atoms with van der Waals surface area (Å²) in [5, 5.41) is 2.61. The molecule has 142 valence electrons. The Hall–Kier alpha value is -3.39. The summed E-state index contributed by atoms with van der Waals surface area (Å²) in [6, 6.07) is 10.6. The van der Waals surface area contributed by atoms with Crippen LogP contribution in [0.4, 0.5) is 5.69 Å². The van der Waals surface area contributed by atoms with E-state index in [0.717, 1.165) is 5.56 Å². The van der Waals surface area contributed by atoms with E-state index in [1.54, 1.807) is 18.2 Å². The highest BCUT2D eigenvalue weighted by Gasteiger charge is 2.35. The lowest BCUT2D eigenvalue weighted by atomic mass is 10.1. The number of methoxy groups -OCH3 is 1. The fraction of sp³-hybridized carbons (Fsp3) is 0.150. The van der Waals surface area contributed by atoms with Gasteiger partial charge in [-0.2, -0.15) is 0 Å². The van der Waals surface area contributed by atoms with Crippen molar-refractivity contribution < 1.29 is 23.8 Å². The van der Waals surface area contributed by atoms with Crippen molar-refractivity contribution in [3.05, 3.63) is 53.1 Å². The Morgan fingerprint density at radius 2 is 1.93 bits per heavy atom. The second kappa shape index (κ2) is 6.97. The van der Waals surface area contributed by atoms with Gasteiger partial charge in [0.15, 0.2) is 16.6 Å². The molecule has 1 fully saturated rings. The van der Waals surface area contributed by atoms with Crippen molar-refractivity contribution in [1.82, 2.24) is 5.32 Å². The summed E-state index contributed by atoms with van der Waals surface area (Å²) in [6.07, 6.45) is 1.46. The number of fused-ring (bicyclic) bond motifs is 1. The highest BCUT2D eigenvalue weighted by molar-refractivity contribution is 7.80. The molecule has 2 aliphatic heterocycles. The first-order chi connectivity index (χ1) is 13.5. The maximum Gasteiger partial charge on any atom is 0.270 e. The van der Waals surface area contributed by atoms with E-state index >= 15 is 0 Å². The zero-order valence-corrected chi connectivity index (χ0v) is 16.0. The van der Waals surface area contributed by atoms with Crippen molar-refractivity contribution in [1.29, 1.82) is 0 Å². The second-order valence-electron chi connectivity index (χ2n) is 6.24. The topological polar surface area (TPSA) is 77.1 Å². The van der Waals surface area contributed by atoms with Gasteiger partial charge in [0.2, 0.25) is 6.79 Å². The molecule has 2 aromatic rings. The van der Waals surface area contributed by atoms with Gasteiger partial charge in [0.05, 0.1) is 12.8 Å². The SMILES string of the molecule is COc1cc2c(cc1/C=C1\C(=O)NC(=S)N(c3cccc(C)c3)C1=O)OCO2. The molecule has 2 heterocycles. The number of aryl methyl sites for hydroxylation is 1. The Morgan fingerprint density at radius 3 is 2.64 bits per heavy atom. The third kappa shape index (κ3) is 3.07. The molecule has 2 aromatic carbocycles. The summed E-state index contributed by atoms with van der Waals surface area (Å²) in [7, 11) is 1.50. The van der Waals surface area contributed by atoms with Crippen molar-refractivity contribution in [3.63, 3.8) is 0 Å². The van der Waals surface area contributed by atoms with Crippen LogP contribution in [0.25, 0.3) is 6.08 Å². The van der Waals surface area contributed by atoms with Gasteiger partial charge in [-0.25, -0.2) is 0 Å². The lowest BCUT2D eigenvalue weighted by molar-refractivity contribution is -0.122. The van der Waals surface area contributed by atoms with Crippen LogP contribution in [0, 0.1) is 6.92 Å². The van der Waals surface area contributed by atoms with Crippen molar-refractivity contribution in [2.45, 2.75) is 6.92 Å². The third-order valence-electron chi connectivity index (χ3n) is 4.39. The first kappa shape index (κ1) is 18.0. The lowest BCUT2D eigenvalue weighted by Gasteiger charge is -2.29. The average Bonchev–Trinajstić information content (AvgIpc) is 3.11. The number of carbonyl (C=O) groups is 2. The van der Waals surface area contributed by atoms with Crippen molar-refractivity contribution in [3.8, 4) is 17.2 Å². The van der Waals surface area contributed by atoms with E-state index in [9.17, 15) is 9.59 Å². The largest absolute Gasteiger partial charge is 0.496 e. The highest BCUT2D eigenvalue weighted by Crippen LogP contribution is 2.39. The molecule has 0 aromatic heterocycles. The van der Waals surface area contributed by atoms with Crippen LogP contribution < -0.4 is 24.4 Å². The van der Waals surface area contributed by atoms with Gasteiger partial charge in [-0.05, 0) is 49.0 Å². The molecule has 0 saturated carbocycles. The maximum absolute atomic E-state index is 13.1. The average molecular weight is 396 g/mol. The first-order valence-electron chi connectivity index (χ1n) is 8.43. The molecule has 2 amide bonds. The normalized spacial score (nSPS) is 17.1. The number of nitrogens with one attached hydrogen (secondary N) is 1. The van der Waals surface area contributed by atoms with Crippen LogP contribution in [-0.4, -0.2) is 30.8 Å². The van der Waals surface area contributed by atoms with Gasteiger partial charge in [-0.1, -0.05) is 12.1 Å². The number of amides is 2. The molecular weight excluding hydrogens is 380 g/mol. The third-order valence-corrected chi connectivity index (χ3v) is 4.67. The minimum absolute atomic E-state index is 0.0374. The van der Waals surface area contributed by atoms with Gasteiger partial charge < -0.3 is 14.2 Å².